The average Bonchev–Trinajstić information content (AvgIpc) is 1.90. The third-order valence-electron chi connectivity index (χ3n) is 1.73. The van der Waals surface area contributed by atoms with Crippen molar-refractivity contribution >= 4 is 25.8 Å². The number of ether oxygens (including phenoxy) is 1. The predicted molar refractivity (Wildman–Crippen MR) is 72.6 cm³/mol. The van der Waals surface area contributed by atoms with E-state index in [0.717, 1.165) is 12.5 Å². The van der Waals surface area contributed by atoms with Crippen LogP contribution >= 0.6 is 0 Å². The van der Waals surface area contributed by atoms with E-state index >= 15 is 0 Å². The SMILES string of the molecule is CC(C)(C)OC(=O)NC(CS(C)(=O)=O)CS(C)(=O)=O. The maximum absolute atomic E-state index is 11.5. The van der Waals surface area contributed by atoms with Crippen molar-refractivity contribution in [3.8, 4) is 0 Å². The highest BCUT2D eigenvalue weighted by Gasteiger charge is 2.24. The topological polar surface area (TPSA) is 107 Å². The van der Waals surface area contributed by atoms with Crippen molar-refractivity contribution in [1.29, 1.82) is 0 Å². The third kappa shape index (κ3) is 12.0. The van der Waals surface area contributed by atoms with Gasteiger partial charge in [-0.3, -0.25) is 0 Å². The van der Waals surface area contributed by atoms with Crippen LogP contribution < -0.4 is 5.32 Å². The average molecular weight is 315 g/mol. The molecule has 0 aromatic rings. The van der Waals surface area contributed by atoms with Gasteiger partial charge in [0.15, 0.2) is 0 Å². The van der Waals surface area contributed by atoms with Crippen molar-refractivity contribution in [2.24, 2.45) is 0 Å². The first kappa shape index (κ1) is 18.2. The molecule has 0 aromatic heterocycles. The predicted octanol–water partition coefficient (Wildman–Crippen LogP) is -0.0311. The monoisotopic (exact) mass is 315 g/mol. The summed E-state index contributed by atoms with van der Waals surface area (Å²) in [4.78, 5) is 11.5. The van der Waals surface area contributed by atoms with Gasteiger partial charge >= 0.3 is 6.09 Å². The number of hydrogen-bond acceptors (Lipinski definition) is 6. The van der Waals surface area contributed by atoms with Crippen LogP contribution in [0.5, 0.6) is 0 Å². The van der Waals surface area contributed by atoms with Crippen LogP contribution in [0.2, 0.25) is 0 Å². The van der Waals surface area contributed by atoms with E-state index in [1.54, 1.807) is 20.8 Å². The van der Waals surface area contributed by atoms with Gasteiger partial charge in [0.1, 0.15) is 25.3 Å². The zero-order chi connectivity index (χ0) is 15.5. The summed E-state index contributed by atoms with van der Waals surface area (Å²) in [6, 6.07) is -1.03. The Morgan fingerprint density at radius 1 is 1.05 bits per heavy atom. The minimum Gasteiger partial charge on any atom is -0.444 e. The standard InChI is InChI=1S/C10H21NO6S2/c1-10(2,3)17-9(12)11-8(6-18(4,13)14)7-19(5,15)16/h8H,6-7H2,1-5H3,(H,11,12). The molecule has 9 heteroatoms. The fraction of sp³-hybridized carbons (Fsp3) is 0.900. The molecule has 0 bridgehead atoms. The first-order valence-corrected chi connectivity index (χ1v) is 9.65. The van der Waals surface area contributed by atoms with Gasteiger partial charge in [0.25, 0.3) is 0 Å². The van der Waals surface area contributed by atoms with E-state index in [0.29, 0.717) is 0 Å². The molecule has 0 aliphatic carbocycles. The second kappa shape index (κ2) is 6.08. The van der Waals surface area contributed by atoms with Gasteiger partial charge in [-0.05, 0) is 20.8 Å². The number of hydrogen-bond donors (Lipinski definition) is 1. The van der Waals surface area contributed by atoms with E-state index < -0.39 is 48.9 Å². The van der Waals surface area contributed by atoms with Crippen molar-refractivity contribution in [1.82, 2.24) is 5.32 Å². The molecular formula is C10H21NO6S2. The number of carbonyl (C=O) groups is 1. The number of nitrogens with one attached hydrogen (secondary N) is 1. The molecule has 0 heterocycles. The van der Waals surface area contributed by atoms with Crippen LogP contribution in [0.15, 0.2) is 0 Å². The van der Waals surface area contributed by atoms with E-state index in [1.807, 2.05) is 0 Å². The van der Waals surface area contributed by atoms with Crippen molar-refractivity contribution in [3.63, 3.8) is 0 Å². The van der Waals surface area contributed by atoms with Crippen molar-refractivity contribution < 1.29 is 26.4 Å². The highest BCUT2D eigenvalue weighted by atomic mass is 32.2. The molecule has 1 N–H and O–H groups in total. The molecule has 0 fully saturated rings. The Morgan fingerprint density at radius 2 is 1.42 bits per heavy atom. The van der Waals surface area contributed by atoms with E-state index in [1.165, 1.54) is 0 Å². The Labute approximate surface area is 114 Å². The molecule has 0 atom stereocenters. The molecule has 0 rings (SSSR count). The summed E-state index contributed by atoms with van der Waals surface area (Å²) in [5.41, 5.74) is -0.745. The highest BCUT2D eigenvalue weighted by Crippen LogP contribution is 2.07. The summed E-state index contributed by atoms with van der Waals surface area (Å²) >= 11 is 0. The molecule has 0 spiro atoms. The maximum Gasteiger partial charge on any atom is 0.407 e. The first-order chi connectivity index (χ1) is 8.18. The van der Waals surface area contributed by atoms with Crippen LogP contribution in [0.4, 0.5) is 4.79 Å². The lowest BCUT2D eigenvalue weighted by molar-refractivity contribution is 0.0514. The molecule has 1 amide bonds. The molecule has 0 aromatic carbocycles. The Balaban J connectivity index is 4.82. The van der Waals surface area contributed by atoms with Gasteiger partial charge in [-0.15, -0.1) is 0 Å². The Bertz CT molecular complexity index is 481. The van der Waals surface area contributed by atoms with Crippen molar-refractivity contribution in [3.05, 3.63) is 0 Å². The van der Waals surface area contributed by atoms with Crippen LogP contribution in [0.3, 0.4) is 0 Å². The number of amides is 1. The summed E-state index contributed by atoms with van der Waals surface area (Å²) in [7, 11) is -6.84. The second-order valence-corrected chi connectivity index (χ2v) is 9.90. The van der Waals surface area contributed by atoms with Crippen LogP contribution in [0.25, 0.3) is 0 Å². The molecule has 0 saturated heterocycles. The number of rotatable bonds is 5. The second-order valence-electron chi connectivity index (χ2n) is 5.53. The molecule has 0 aliphatic rings. The zero-order valence-electron chi connectivity index (χ0n) is 11.8. The smallest absolute Gasteiger partial charge is 0.407 e. The number of sulfone groups is 2. The Hall–Kier alpha value is -0.830. The lowest BCUT2D eigenvalue weighted by atomic mass is 10.2. The summed E-state index contributed by atoms with van der Waals surface area (Å²) in [6.45, 7) is 4.94. The lowest BCUT2D eigenvalue weighted by Crippen LogP contribution is -2.45. The Morgan fingerprint density at radius 3 is 1.68 bits per heavy atom. The van der Waals surface area contributed by atoms with Crippen LogP contribution in [-0.4, -0.2) is 58.6 Å². The van der Waals surface area contributed by atoms with E-state index in [4.69, 9.17) is 4.74 Å². The van der Waals surface area contributed by atoms with Crippen molar-refractivity contribution in [2.45, 2.75) is 32.4 Å². The molecule has 19 heavy (non-hydrogen) atoms. The first-order valence-electron chi connectivity index (χ1n) is 5.53. The van der Waals surface area contributed by atoms with Gasteiger partial charge in [-0.2, -0.15) is 0 Å². The maximum atomic E-state index is 11.5. The summed E-state index contributed by atoms with van der Waals surface area (Å²) in [5.74, 6) is -0.918. The van der Waals surface area contributed by atoms with E-state index in [-0.39, 0.29) is 0 Å². The van der Waals surface area contributed by atoms with Gasteiger partial charge in [-0.1, -0.05) is 0 Å². The lowest BCUT2D eigenvalue weighted by Gasteiger charge is -2.23. The van der Waals surface area contributed by atoms with Crippen LogP contribution in [0.1, 0.15) is 20.8 Å². The fourth-order valence-electron chi connectivity index (χ4n) is 1.34. The molecule has 0 saturated carbocycles. The zero-order valence-corrected chi connectivity index (χ0v) is 13.4. The van der Waals surface area contributed by atoms with Gasteiger partial charge in [0.2, 0.25) is 0 Å². The largest absolute Gasteiger partial charge is 0.444 e. The van der Waals surface area contributed by atoms with Gasteiger partial charge in [0, 0.05) is 12.5 Å². The highest BCUT2D eigenvalue weighted by molar-refractivity contribution is 7.91. The third-order valence-corrected chi connectivity index (χ3v) is 3.74. The molecule has 0 radical (unpaired) electrons. The molecule has 0 unspecified atom stereocenters. The Kier molecular flexibility index (Phi) is 5.82. The van der Waals surface area contributed by atoms with Crippen LogP contribution in [-0.2, 0) is 24.4 Å². The normalized spacial score (nSPS) is 13.4. The molecule has 114 valence electrons. The molecule has 0 aliphatic heterocycles. The summed E-state index contributed by atoms with van der Waals surface area (Å²) < 4.78 is 49.8. The fourth-order valence-corrected chi connectivity index (χ4v) is 3.35. The van der Waals surface area contributed by atoms with E-state index in [9.17, 15) is 21.6 Å². The molecular weight excluding hydrogens is 294 g/mol. The quantitative estimate of drug-likeness (QED) is 0.763. The van der Waals surface area contributed by atoms with E-state index in [2.05, 4.69) is 5.32 Å². The minimum absolute atomic E-state index is 0.459. The summed E-state index contributed by atoms with van der Waals surface area (Å²) in [6.07, 6.45) is 1.10. The van der Waals surface area contributed by atoms with Crippen molar-refractivity contribution in [2.75, 3.05) is 24.0 Å². The van der Waals surface area contributed by atoms with Gasteiger partial charge in [-0.25, -0.2) is 21.6 Å². The number of carbonyl (C=O) groups excluding carboxylic acids is 1. The number of alkyl carbamates (subject to hydrolysis) is 1. The van der Waals surface area contributed by atoms with Gasteiger partial charge in [0.05, 0.1) is 17.5 Å². The van der Waals surface area contributed by atoms with Crippen LogP contribution in [0, 0.1) is 0 Å². The molecule has 7 nitrogen and oxygen atoms in total. The van der Waals surface area contributed by atoms with Gasteiger partial charge < -0.3 is 10.1 Å². The summed E-state index contributed by atoms with van der Waals surface area (Å²) in [5, 5.41) is 2.27. The minimum atomic E-state index is -3.42.